The van der Waals surface area contributed by atoms with Crippen LogP contribution in [-0.4, -0.2) is 105 Å². The first kappa shape index (κ1) is 61.8. The van der Waals surface area contributed by atoms with Crippen LogP contribution in [0.3, 0.4) is 0 Å². The first-order valence-electron chi connectivity index (χ1n) is 21.5. The number of ether oxygens (including phenoxy) is 2. The van der Waals surface area contributed by atoms with Gasteiger partial charge in [-0.25, -0.2) is 5.43 Å². The lowest BCUT2D eigenvalue weighted by atomic mass is 9.84. The Kier molecular flexibility index (Phi) is 23.6. The molecule has 6 bridgehead atoms. The van der Waals surface area contributed by atoms with Gasteiger partial charge in [-0.05, 0) is 104 Å². The minimum Gasteiger partial charge on any atom is -0.508 e. The molecule has 7 rings (SSSR count). The van der Waals surface area contributed by atoms with E-state index in [4.69, 9.17) is 14.5 Å². The predicted molar refractivity (Wildman–Crippen MR) is 293 cm³/mol. The number of aromatic hydroxyl groups is 1. The summed E-state index contributed by atoms with van der Waals surface area (Å²) in [5.41, 5.74) is 9.56. The van der Waals surface area contributed by atoms with Crippen LogP contribution in [-0.2, 0) is 48.0 Å². The highest BCUT2D eigenvalue weighted by Crippen LogP contribution is 2.42. The van der Waals surface area contributed by atoms with Gasteiger partial charge in [0.05, 0.1) is 36.1 Å². The minimum absolute atomic E-state index is 0. The molecule has 1 saturated carbocycles. The van der Waals surface area contributed by atoms with Crippen LogP contribution >= 0.6 is 81.0 Å². The lowest BCUT2D eigenvalue weighted by Crippen LogP contribution is -2.62. The second-order valence-electron chi connectivity index (χ2n) is 18.1. The number of aromatic nitrogens is 2. The van der Waals surface area contributed by atoms with E-state index in [1.54, 1.807) is 32.5 Å². The highest BCUT2D eigenvalue weighted by Gasteiger charge is 2.46. The first-order valence-corrected chi connectivity index (χ1v) is 21.5. The maximum Gasteiger partial charge on any atom is 0.324 e. The molecule has 0 unspecified atom stereocenters. The molecule has 4 heterocycles. The van der Waals surface area contributed by atoms with Gasteiger partial charge in [-0.3, -0.25) is 29.2 Å². The van der Waals surface area contributed by atoms with Gasteiger partial charge in [0.15, 0.2) is 0 Å². The van der Waals surface area contributed by atoms with Crippen molar-refractivity contribution in [2.24, 2.45) is 17.3 Å². The molecule has 67 heavy (non-hydrogen) atoms. The zero-order valence-corrected chi connectivity index (χ0v) is 45.5. The number of hydrogen-bond acceptors (Lipinski definition) is 10. The molecule has 2 fully saturated rings. The lowest BCUT2D eigenvalue weighted by Gasteiger charge is -2.36. The smallest absolute Gasteiger partial charge is 0.324 e. The molecule has 3 aliphatic rings. The zero-order chi connectivity index (χ0) is 43.9. The number of carbonyl (C=O) groups is 4. The third kappa shape index (κ3) is 13.4. The molecule has 1 saturated heterocycles. The highest BCUT2D eigenvalue weighted by atomic mass is 32.1. The largest absolute Gasteiger partial charge is 0.508 e. The highest BCUT2D eigenvalue weighted by molar-refractivity contribution is 7.60. The Labute approximate surface area is 436 Å². The van der Waals surface area contributed by atoms with Crippen LogP contribution in [0.5, 0.6) is 5.75 Å². The number of hydrogen-bond donors (Lipinski definition) is 4. The predicted octanol–water partition coefficient (Wildman–Crippen LogP) is 5.99. The number of hydrazine groups is 1. The number of esters is 1. The van der Waals surface area contributed by atoms with Crippen molar-refractivity contribution in [3.63, 3.8) is 0 Å². The van der Waals surface area contributed by atoms with E-state index in [1.807, 2.05) is 39.0 Å². The molecule has 0 spiro atoms. The molecule has 4 N–H and O–H groups in total. The van der Waals surface area contributed by atoms with Gasteiger partial charge in [0.2, 0.25) is 11.8 Å². The molecule has 6 atom stereocenters. The third-order valence-corrected chi connectivity index (χ3v) is 12.4. The van der Waals surface area contributed by atoms with E-state index in [1.165, 1.54) is 9.91 Å². The fourth-order valence-electron chi connectivity index (χ4n) is 9.10. The first-order chi connectivity index (χ1) is 29.0. The van der Waals surface area contributed by atoms with Gasteiger partial charge in [-0.2, -0.15) is 81.0 Å². The Morgan fingerprint density at radius 2 is 1.72 bits per heavy atom. The minimum atomic E-state index is -1.14. The van der Waals surface area contributed by atoms with Crippen molar-refractivity contribution in [2.75, 3.05) is 27.3 Å². The summed E-state index contributed by atoms with van der Waals surface area (Å²) in [4.78, 5) is 62.0. The van der Waals surface area contributed by atoms with E-state index in [2.05, 4.69) is 54.3 Å². The third-order valence-electron chi connectivity index (χ3n) is 12.4. The topological polar surface area (TPSA) is 176 Å². The number of pyridine rings is 1. The normalized spacial score (nSPS) is 20.6. The molecule has 374 valence electrons. The van der Waals surface area contributed by atoms with E-state index in [-0.39, 0.29) is 124 Å². The summed E-state index contributed by atoms with van der Waals surface area (Å²) in [7, 11) is 3.22. The number of phenolic OH excluding ortho intramolecular Hbond substituents is 1. The molecule has 4 aromatic rings. The van der Waals surface area contributed by atoms with Crippen LogP contribution in [0.4, 0.5) is 0 Å². The Balaban J connectivity index is 0.00000374. The molecule has 3 amide bonds. The summed E-state index contributed by atoms with van der Waals surface area (Å²) in [5, 5.41) is 26.6. The van der Waals surface area contributed by atoms with Crippen molar-refractivity contribution in [1.29, 1.82) is 0 Å². The van der Waals surface area contributed by atoms with E-state index < -0.39 is 53.3 Å². The number of methoxy groups -OCH3 is 1. The standard InChI is InChI=1S/C47H60N6O8.6H2S/c1-9-52-38-15-14-29-22-33(38)35(42(52)32-12-10-16-48-40(32)27(4)60-8)24-47(5,6)25-61-46(59)36-13-11-17-53(50-36)45(58)37(20-28-18-30(29)21-31(54)19-28)49-43(56)41(26(2)3)51(7)44(57)34-23-39(34)55;;;;;;/h10,12,14-16,18-19,21-22,26-27,34,36-37,39,41,50,54-55H,9,11,13,17,20,23-25H2,1-8H3,(H,49,56);6*1H2/t27-,34-,36-,37-,39-,41-;;;;;;/m0....../s1. The van der Waals surface area contributed by atoms with E-state index >= 15 is 0 Å². The molecule has 1 aliphatic carbocycles. The maximum atomic E-state index is 14.5. The van der Waals surface area contributed by atoms with Crippen molar-refractivity contribution in [1.82, 2.24) is 30.2 Å². The number of nitrogens with zero attached hydrogens (tertiary/aromatic N) is 4. The Bertz CT molecular complexity index is 2350. The molecule has 2 aromatic heterocycles. The maximum absolute atomic E-state index is 14.5. The van der Waals surface area contributed by atoms with Crippen LogP contribution in [0.15, 0.2) is 54.7 Å². The van der Waals surface area contributed by atoms with Crippen LogP contribution in [0.1, 0.15) is 83.7 Å². The number of aryl methyl sites for hydroxylation is 1. The van der Waals surface area contributed by atoms with Gasteiger partial charge >= 0.3 is 5.97 Å². The Hall–Kier alpha value is -3.21. The van der Waals surface area contributed by atoms with Gasteiger partial charge < -0.3 is 34.5 Å². The second-order valence-corrected chi connectivity index (χ2v) is 18.1. The second kappa shape index (κ2) is 25.6. The van der Waals surface area contributed by atoms with Gasteiger partial charge in [0.25, 0.3) is 5.91 Å². The van der Waals surface area contributed by atoms with E-state index in [9.17, 15) is 29.4 Å². The van der Waals surface area contributed by atoms with Gasteiger partial charge in [-0.15, -0.1) is 0 Å². The van der Waals surface area contributed by atoms with E-state index in [0.29, 0.717) is 37.8 Å². The molecule has 2 aliphatic heterocycles. The van der Waals surface area contributed by atoms with Gasteiger partial charge in [0.1, 0.15) is 23.9 Å². The van der Waals surface area contributed by atoms with Crippen molar-refractivity contribution in [3.05, 3.63) is 71.5 Å². The van der Waals surface area contributed by atoms with Crippen LogP contribution in [0.2, 0.25) is 0 Å². The Morgan fingerprint density at radius 1 is 1.03 bits per heavy atom. The number of carbonyl (C=O) groups excluding carboxylic acids is 4. The quantitative estimate of drug-likeness (QED) is 0.146. The average molecular weight is 1040 g/mol. The van der Waals surface area contributed by atoms with E-state index in [0.717, 1.165) is 44.5 Å². The van der Waals surface area contributed by atoms with Crippen molar-refractivity contribution in [2.45, 2.75) is 111 Å². The molecular formula is C47H72N6O8S6. The van der Waals surface area contributed by atoms with Gasteiger partial charge in [-0.1, -0.05) is 39.8 Å². The number of fused-ring (bicyclic) bond motifs is 6. The zero-order valence-electron chi connectivity index (χ0n) is 39.5. The van der Waals surface area contributed by atoms with Crippen LogP contribution in [0, 0.1) is 17.3 Å². The fourth-order valence-corrected chi connectivity index (χ4v) is 9.10. The molecule has 14 nitrogen and oxygen atoms in total. The number of nitrogens with one attached hydrogen (secondary N) is 2. The van der Waals surface area contributed by atoms with Crippen molar-refractivity contribution < 1.29 is 38.9 Å². The number of benzene rings is 2. The molecule has 2 aromatic carbocycles. The van der Waals surface area contributed by atoms with Crippen molar-refractivity contribution >= 4 is 116 Å². The number of rotatable bonds is 9. The number of aliphatic hydroxyl groups excluding tert-OH is 1. The monoisotopic (exact) mass is 1040 g/mol. The number of cyclic esters (lactones) is 1. The number of likely N-dealkylation sites (N-methyl/N-ethyl adjacent to an activating group) is 1. The van der Waals surface area contributed by atoms with Crippen molar-refractivity contribution in [3.8, 4) is 28.1 Å². The van der Waals surface area contributed by atoms with Crippen LogP contribution in [0.25, 0.3) is 33.3 Å². The number of amides is 3. The average Bonchev–Trinajstić information content (AvgIpc) is 3.90. The SMILES string of the molecule is CCn1c(-c2cccnc2[C@H](C)OC)c2c3cc(ccc31)-c1cc(O)cc(c1)C[C@H](NC(=O)[C@H](C(C)C)N(C)C(=O)[C@H]1C[C@@H]1O)C(=O)N1CCC[C@H](N1)C(=O)OCC(C)(C)C2.S.S.S.S.S.S. The number of phenols is 1. The summed E-state index contributed by atoms with van der Waals surface area (Å²) >= 11 is 0. The molecule has 20 heteroatoms. The summed E-state index contributed by atoms with van der Waals surface area (Å²) < 4.78 is 14.2. The summed E-state index contributed by atoms with van der Waals surface area (Å²) in [6.45, 7) is 13.0. The summed E-state index contributed by atoms with van der Waals surface area (Å²) in [6, 6.07) is 12.6. The van der Waals surface area contributed by atoms with Gasteiger partial charge in [0, 0.05) is 61.7 Å². The fraction of sp³-hybridized carbons (Fsp3) is 0.511. The Morgan fingerprint density at radius 3 is 2.34 bits per heavy atom. The summed E-state index contributed by atoms with van der Waals surface area (Å²) in [6.07, 6.45) is 2.62. The summed E-state index contributed by atoms with van der Waals surface area (Å²) in [5.74, 6) is -2.69. The molecule has 0 radical (unpaired) electrons. The van der Waals surface area contributed by atoms with Crippen LogP contribution < -0.4 is 10.7 Å². The lowest BCUT2D eigenvalue weighted by molar-refractivity contribution is -0.155. The number of aliphatic hydroxyl groups is 1. The molecular weight excluding hydrogens is 969 g/mol.